The number of nitrogens with two attached hydrogens (primary N) is 1. The highest BCUT2D eigenvalue weighted by molar-refractivity contribution is 5.82. The van der Waals surface area contributed by atoms with Gasteiger partial charge in [0.15, 0.2) is 0 Å². The fourth-order valence-corrected chi connectivity index (χ4v) is 2.93. The first kappa shape index (κ1) is 16.1. The summed E-state index contributed by atoms with van der Waals surface area (Å²) in [7, 11) is 0. The number of hydrogen-bond donors (Lipinski definition) is 2. The SMILES string of the molecule is Cc1cc2ncn(-c3ccnc(NC(C)c4ccccc4)n3)c2cc1N. The lowest BCUT2D eigenvalue weighted by atomic mass is 10.1. The smallest absolute Gasteiger partial charge is 0.225 e. The molecule has 0 aliphatic carbocycles. The quantitative estimate of drug-likeness (QED) is 0.549. The Bertz CT molecular complexity index is 1050. The molecule has 3 N–H and O–H groups in total. The number of benzene rings is 2. The lowest BCUT2D eigenvalue weighted by Gasteiger charge is -2.14. The zero-order valence-corrected chi connectivity index (χ0v) is 14.7. The van der Waals surface area contributed by atoms with E-state index < -0.39 is 0 Å². The summed E-state index contributed by atoms with van der Waals surface area (Å²) in [6, 6.07) is 16.1. The fourth-order valence-electron chi connectivity index (χ4n) is 2.93. The highest BCUT2D eigenvalue weighted by atomic mass is 15.2. The molecule has 6 heteroatoms. The number of aromatic nitrogens is 4. The van der Waals surface area contributed by atoms with Gasteiger partial charge in [-0.3, -0.25) is 4.57 Å². The maximum atomic E-state index is 6.07. The molecule has 2 aromatic carbocycles. The number of rotatable bonds is 4. The largest absolute Gasteiger partial charge is 0.398 e. The lowest BCUT2D eigenvalue weighted by Crippen LogP contribution is -2.10. The minimum atomic E-state index is 0.101. The van der Waals surface area contributed by atoms with E-state index >= 15 is 0 Å². The van der Waals surface area contributed by atoms with Gasteiger partial charge in [-0.15, -0.1) is 0 Å². The maximum Gasteiger partial charge on any atom is 0.225 e. The van der Waals surface area contributed by atoms with Gasteiger partial charge in [0.05, 0.1) is 17.1 Å². The number of imidazole rings is 1. The predicted molar refractivity (Wildman–Crippen MR) is 104 cm³/mol. The van der Waals surface area contributed by atoms with Crippen LogP contribution in [0.25, 0.3) is 16.9 Å². The van der Waals surface area contributed by atoms with Gasteiger partial charge in [0, 0.05) is 11.9 Å². The van der Waals surface area contributed by atoms with Crippen LogP contribution in [0.15, 0.2) is 61.1 Å². The van der Waals surface area contributed by atoms with Crippen LogP contribution in [-0.4, -0.2) is 19.5 Å². The summed E-state index contributed by atoms with van der Waals surface area (Å²) in [4.78, 5) is 13.5. The lowest BCUT2D eigenvalue weighted by molar-refractivity contribution is 0.854. The summed E-state index contributed by atoms with van der Waals surface area (Å²) in [5.74, 6) is 1.31. The molecule has 0 aliphatic rings. The molecule has 0 saturated carbocycles. The number of nitrogens with zero attached hydrogens (tertiary/aromatic N) is 4. The molecule has 26 heavy (non-hydrogen) atoms. The van der Waals surface area contributed by atoms with Gasteiger partial charge in [0.2, 0.25) is 5.95 Å². The van der Waals surface area contributed by atoms with Gasteiger partial charge < -0.3 is 11.1 Å². The van der Waals surface area contributed by atoms with Crippen LogP contribution in [0.2, 0.25) is 0 Å². The van der Waals surface area contributed by atoms with Gasteiger partial charge in [-0.25, -0.2) is 9.97 Å². The maximum absolute atomic E-state index is 6.07. The number of hydrogen-bond acceptors (Lipinski definition) is 5. The molecule has 4 rings (SSSR count). The summed E-state index contributed by atoms with van der Waals surface area (Å²) < 4.78 is 1.92. The van der Waals surface area contributed by atoms with Gasteiger partial charge in [-0.2, -0.15) is 4.98 Å². The monoisotopic (exact) mass is 344 g/mol. The van der Waals surface area contributed by atoms with Crippen molar-refractivity contribution in [2.45, 2.75) is 19.9 Å². The molecular weight excluding hydrogens is 324 g/mol. The Hall–Kier alpha value is -3.41. The van der Waals surface area contributed by atoms with Crippen molar-refractivity contribution in [2.24, 2.45) is 0 Å². The summed E-state index contributed by atoms with van der Waals surface area (Å²) in [6.07, 6.45) is 3.50. The van der Waals surface area contributed by atoms with Gasteiger partial charge in [0.25, 0.3) is 0 Å². The second kappa shape index (κ2) is 6.48. The third-order valence-electron chi connectivity index (χ3n) is 4.47. The van der Waals surface area contributed by atoms with Gasteiger partial charge in [0.1, 0.15) is 12.1 Å². The van der Waals surface area contributed by atoms with Crippen molar-refractivity contribution < 1.29 is 0 Å². The van der Waals surface area contributed by atoms with Crippen LogP contribution in [0.5, 0.6) is 0 Å². The molecular formula is C20H20N6. The van der Waals surface area contributed by atoms with Crippen molar-refractivity contribution in [3.05, 3.63) is 72.2 Å². The molecule has 1 atom stereocenters. The molecule has 130 valence electrons. The second-order valence-electron chi connectivity index (χ2n) is 6.33. The Kier molecular flexibility index (Phi) is 4.01. The highest BCUT2D eigenvalue weighted by Gasteiger charge is 2.11. The van der Waals surface area contributed by atoms with Crippen LogP contribution in [0.1, 0.15) is 24.1 Å². The summed E-state index contributed by atoms with van der Waals surface area (Å²) >= 11 is 0. The number of aryl methyl sites for hydroxylation is 1. The number of fused-ring (bicyclic) bond motifs is 1. The molecule has 0 bridgehead atoms. The fraction of sp³-hybridized carbons (Fsp3) is 0.150. The zero-order chi connectivity index (χ0) is 18.1. The van der Waals surface area contributed by atoms with Crippen molar-refractivity contribution >= 4 is 22.7 Å². The van der Waals surface area contributed by atoms with E-state index in [1.807, 2.05) is 47.9 Å². The summed E-state index contributed by atoms with van der Waals surface area (Å²) in [5.41, 5.74) is 10.8. The van der Waals surface area contributed by atoms with E-state index in [0.717, 1.165) is 28.1 Å². The van der Waals surface area contributed by atoms with Gasteiger partial charge >= 0.3 is 0 Å². The van der Waals surface area contributed by atoms with E-state index in [2.05, 4.69) is 39.3 Å². The summed E-state index contributed by atoms with van der Waals surface area (Å²) in [5, 5.41) is 3.35. The van der Waals surface area contributed by atoms with Crippen molar-refractivity contribution in [3.8, 4) is 5.82 Å². The van der Waals surface area contributed by atoms with Crippen LogP contribution in [0.4, 0.5) is 11.6 Å². The first-order valence-corrected chi connectivity index (χ1v) is 8.50. The molecule has 0 aliphatic heterocycles. The van der Waals surface area contributed by atoms with E-state index in [-0.39, 0.29) is 6.04 Å². The summed E-state index contributed by atoms with van der Waals surface area (Å²) in [6.45, 7) is 4.06. The van der Waals surface area contributed by atoms with Gasteiger partial charge in [-0.1, -0.05) is 30.3 Å². The highest BCUT2D eigenvalue weighted by Crippen LogP contribution is 2.23. The Morgan fingerprint density at radius 1 is 1.08 bits per heavy atom. The molecule has 0 amide bonds. The van der Waals surface area contributed by atoms with E-state index in [0.29, 0.717) is 5.95 Å². The Balaban J connectivity index is 1.67. The van der Waals surface area contributed by atoms with E-state index in [9.17, 15) is 0 Å². The molecule has 2 aromatic heterocycles. The number of nitrogens with one attached hydrogen (secondary N) is 1. The molecule has 0 radical (unpaired) electrons. The zero-order valence-electron chi connectivity index (χ0n) is 14.7. The molecule has 2 heterocycles. The van der Waals surface area contributed by atoms with Crippen molar-refractivity contribution in [1.82, 2.24) is 19.5 Å². The third-order valence-corrected chi connectivity index (χ3v) is 4.47. The molecule has 6 nitrogen and oxygen atoms in total. The average molecular weight is 344 g/mol. The minimum absolute atomic E-state index is 0.101. The molecule has 0 saturated heterocycles. The topological polar surface area (TPSA) is 81.7 Å². The second-order valence-corrected chi connectivity index (χ2v) is 6.33. The Labute approximate surface area is 151 Å². The van der Waals surface area contributed by atoms with E-state index in [1.54, 1.807) is 12.5 Å². The first-order chi connectivity index (χ1) is 12.6. The molecule has 1 unspecified atom stereocenters. The van der Waals surface area contributed by atoms with Crippen LogP contribution in [-0.2, 0) is 0 Å². The van der Waals surface area contributed by atoms with Crippen LogP contribution < -0.4 is 11.1 Å². The normalized spacial score (nSPS) is 12.2. The van der Waals surface area contributed by atoms with Crippen LogP contribution >= 0.6 is 0 Å². The predicted octanol–water partition coefficient (Wildman–Crippen LogP) is 3.88. The minimum Gasteiger partial charge on any atom is -0.398 e. The third kappa shape index (κ3) is 2.97. The molecule has 0 spiro atoms. The van der Waals surface area contributed by atoms with Crippen molar-refractivity contribution in [3.63, 3.8) is 0 Å². The standard InChI is InChI=1S/C20H20N6/c1-13-10-17-18(11-16(13)21)26(12-23-17)19-8-9-22-20(25-19)24-14(2)15-6-4-3-5-7-15/h3-12,14H,21H2,1-2H3,(H,22,24,25). The van der Waals surface area contributed by atoms with E-state index in [1.165, 1.54) is 5.56 Å². The Morgan fingerprint density at radius 3 is 2.69 bits per heavy atom. The Morgan fingerprint density at radius 2 is 1.88 bits per heavy atom. The average Bonchev–Trinajstić information content (AvgIpc) is 3.05. The number of nitrogen functional groups attached to an aromatic ring is 1. The first-order valence-electron chi connectivity index (χ1n) is 8.50. The van der Waals surface area contributed by atoms with Gasteiger partial charge in [-0.05, 0) is 43.2 Å². The van der Waals surface area contributed by atoms with Crippen LogP contribution in [0.3, 0.4) is 0 Å². The van der Waals surface area contributed by atoms with Crippen LogP contribution in [0, 0.1) is 6.92 Å². The van der Waals surface area contributed by atoms with E-state index in [4.69, 9.17) is 5.73 Å². The van der Waals surface area contributed by atoms with Crippen molar-refractivity contribution in [1.29, 1.82) is 0 Å². The number of anilines is 2. The van der Waals surface area contributed by atoms with Crippen molar-refractivity contribution in [2.75, 3.05) is 11.1 Å². The molecule has 4 aromatic rings. The molecule has 0 fully saturated rings.